The average Bonchev–Trinajstić information content (AvgIpc) is 2.50. The van der Waals surface area contributed by atoms with Crippen LogP contribution in [-0.2, 0) is 11.3 Å². The summed E-state index contributed by atoms with van der Waals surface area (Å²) in [6, 6.07) is 1.84. The Hall–Kier alpha value is -1.32. The third-order valence-corrected chi connectivity index (χ3v) is 1.68. The molecule has 0 bridgehead atoms. The van der Waals surface area contributed by atoms with Gasteiger partial charge in [-0.3, -0.25) is 9.89 Å². The summed E-state index contributed by atoms with van der Waals surface area (Å²) in [5.41, 5.74) is 0.581. The zero-order valence-electron chi connectivity index (χ0n) is 8.22. The monoisotopic (exact) mass is 181 g/mol. The summed E-state index contributed by atoms with van der Waals surface area (Å²) >= 11 is 0. The fraction of sp³-hybridized carbons (Fsp3) is 0.556. The second-order valence-corrected chi connectivity index (χ2v) is 4.01. The topological polar surface area (TPSA) is 57.8 Å². The van der Waals surface area contributed by atoms with E-state index in [1.807, 2.05) is 26.8 Å². The Labute approximate surface area is 77.7 Å². The van der Waals surface area contributed by atoms with Crippen molar-refractivity contribution in [1.29, 1.82) is 0 Å². The molecule has 0 saturated heterocycles. The Morgan fingerprint density at radius 1 is 1.62 bits per heavy atom. The van der Waals surface area contributed by atoms with Crippen molar-refractivity contribution < 1.29 is 4.79 Å². The predicted octanol–water partition coefficient (Wildman–Crippen LogP) is 1.07. The first-order valence-electron chi connectivity index (χ1n) is 4.27. The lowest BCUT2D eigenvalue weighted by molar-refractivity contribution is -0.128. The van der Waals surface area contributed by atoms with Gasteiger partial charge in [-0.25, -0.2) is 0 Å². The van der Waals surface area contributed by atoms with Crippen molar-refractivity contribution in [2.45, 2.75) is 27.3 Å². The molecule has 0 aromatic carbocycles. The van der Waals surface area contributed by atoms with Gasteiger partial charge in [0.25, 0.3) is 0 Å². The lowest BCUT2D eigenvalue weighted by atomic mass is 9.96. The van der Waals surface area contributed by atoms with Crippen molar-refractivity contribution >= 4 is 5.91 Å². The van der Waals surface area contributed by atoms with E-state index in [4.69, 9.17) is 0 Å². The third kappa shape index (κ3) is 2.89. The number of carbonyl (C=O) groups excluding carboxylic acids is 1. The Bertz CT molecular complexity index is 272. The molecule has 0 fully saturated rings. The van der Waals surface area contributed by atoms with E-state index < -0.39 is 0 Å². The van der Waals surface area contributed by atoms with E-state index in [-0.39, 0.29) is 11.3 Å². The van der Waals surface area contributed by atoms with Gasteiger partial charge in [0.15, 0.2) is 0 Å². The Balaban J connectivity index is 2.40. The zero-order valence-corrected chi connectivity index (χ0v) is 8.22. The maximum atomic E-state index is 11.4. The number of amides is 1. The molecule has 0 aliphatic carbocycles. The fourth-order valence-corrected chi connectivity index (χ4v) is 0.824. The van der Waals surface area contributed by atoms with Gasteiger partial charge in [0.1, 0.15) is 0 Å². The maximum Gasteiger partial charge on any atom is 0.225 e. The standard InChI is InChI=1S/C9H15N3O/c1-9(2,3)8(13)10-6-7-4-5-11-12-7/h4-5H,6H2,1-3H3,(H,10,13)(H,11,12). The van der Waals surface area contributed by atoms with Gasteiger partial charge in [-0.15, -0.1) is 0 Å². The lowest BCUT2D eigenvalue weighted by Crippen LogP contribution is -2.34. The molecule has 0 unspecified atom stereocenters. The summed E-state index contributed by atoms with van der Waals surface area (Å²) in [5, 5.41) is 9.38. The van der Waals surface area contributed by atoms with E-state index >= 15 is 0 Å². The normalized spacial score (nSPS) is 11.3. The second-order valence-electron chi connectivity index (χ2n) is 4.01. The van der Waals surface area contributed by atoms with Gasteiger partial charge in [-0.05, 0) is 6.07 Å². The molecule has 0 aliphatic heterocycles. The highest BCUT2D eigenvalue weighted by Gasteiger charge is 2.20. The average molecular weight is 181 g/mol. The molecule has 0 radical (unpaired) electrons. The number of rotatable bonds is 2. The maximum absolute atomic E-state index is 11.4. The highest BCUT2D eigenvalue weighted by molar-refractivity contribution is 5.81. The van der Waals surface area contributed by atoms with E-state index in [0.717, 1.165) is 5.69 Å². The van der Waals surface area contributed by atoms with Gasteiger partial charge in [-0.2, -0.15) is 5.10 Å². The van der Waals surface area contributed by atoms with Crippen LogP contribution in [0.3, 0.4) is 0 Å². The molecular formula is C9H15N3O. The fourth-order valence-electron chi connectivity index (χ4n) is 0.824. The van der Waals surface area contributed by atoms with Gasteiger partial charge in [0, 0.05) is 11.6 Å². The number of carbonyl (C=O) groups is 1. The summed E-state index contributed by atoms with van der Waals surface area (Å²) in [7, 11) is 0. The zero-order chi connectivity index (χ0) is 9.90. The minimum atomic E-state index is -0.333. The summed E-state index contributed by atoms with van der Waals surface area (Å²) in [5.74, 6) is 0.0436. The molecule has 1 aromatic heterocycles. The molecule has 0 saturated carbocycles. The number of H-pyrrole nitrogens is 1. The molecule has 1 amide bonds. The first-order chi connectivity index (χ1) is 6.00. The quantitative estimate of drug-likeness (QED) is 0.717. The number of hydrogen-bond donors (Lipinski definition) is 2. The van der Waals surface area contributed by atoms with Crippen molar-refractivity contribution in [3.8, 4) is 0 Å². The van der Waals surface area contributed by atoms with E-state index in [9.17, 15) is 4.79 Å². The number of aromatic amines is 1. The molecule has 4 nitrogen and oxygen atoms in total. The van der Waals surface area contributed by atoms with Crippen LogP contribution in [-0.4, -0.2) is 16.1 Å². The van der Waals surface area contributed by atoms with Gasteiger partial charge < -0.3 is 5.32 Å². The van der Waals surface area contributed by atoms with Crippen LogP contribution >= 0.6 is 0 Å². The first-order valence-corrected chi connectivity index (χ1v) is 4.27. The SMILES string of the molecule is CC(C)(C)C(=O)NCc1ccn[nH]1. The van der Waals surface area contributed by atoms with Crippen LogP contribution in [0.25, 0.3) is 0 Å². The van der Waals surface area contributed by atoms with Crippen LogP contribution in [0.1, 0.15) is 26.5 Å². The molecule has 72 valence electrons. The second kappa shape index (κ2) is 3.60. The summed E-state index contributed by atoms with van der Waals surface area (Å²) < 4.78 is 0. The van der Waals surface area contributed by atoms with Crippen molar-refractivity contribution in [2.24, 2.45) is 5.41 Å². The number of nitrogens with one attached hydrogen (secondary N) is 2. The van der Waals surface area contributed by atoms with Gasteiger partial charge in [0.2, 0.25) is 5.91 Å². The van der Waals surface area contributed by atoms with Crippen molar-refractivity contribution in [2.75, 3.05) is 0 Å². The molecule has 0 aliphatic rings. The molecular weight excluding hydrogens is 166 g/mol. The summed E-state index contributed by atoms with van der Waals surface area (Å²) in [6.45, 7) is 6.16. The highest BCUT2D eigenvalue weighted by Crippen LogP contribution is 2.12. The molecule has 2 N–H and O–H groups in total. The van der Waals surface area contributed by atoms with Gasteiger partial charge in [0.05, 0.1) is 12.2 Å². The van der Waals surface area contributed by atoms with E-state index in [2.05, 4.69) is 15.5 Å². The number of hydrogen-bond acceptors (Lipinski definition) is 2. The molecule has 4 heteroatoms. The lowest BCUT2D eigenvalue weighted by Gasteiger charge is -2.16. The molecule has 13 heavy (non-hydrogen) atoms. The molecule has 0 atom stereocenters. The van der Waals surface area contributed by atoms with E-state index in [0.29, 0.717) is 6.54 Å². The third-order valence-electron chi connectivity index (χ3n) is 1.68. The molecule has 1 aromatic rings. The van der Waals surface area contributed by atoms with Crippen LogP contribution in [0.2, 0.25) is 0 Å². The van der Waals surface area contributed by atoms with E-state index in [1.165, 1.54) is 0 Å². The Morgan fingerprint density at radius 3 is 2.77 bits per heavy atom. The molecule has 1 rings (SSSR count). The van der Waals surface area contributed by atoms with Crippen LogP contribution in [0.4, 0.5) is 0 Å². The first kappa shape index (κ1) is 9.77. The van der Waals surface area contributed by atoms with Crippen molar-refractivity contribution in [3.05, 3.63) is 18.0 Å². The van der Waals surface area contributed by atoms with Crippen LogP contribution < -0.4 is 5.32 Å². The minimum Gasteiger partial charge on any atom is -0.350 e. The summed E-state index contributed by atoms with van der Waals surface area (Å²) in [4.78, 5) is 11.4. The summed E-state index contributed by atoms with van der Waals surface area (Å²) in [6.07, 6.45) is 1.67. The Kier molecular flexibility index (Phi) is 2.70. The van der Waals surface area contributed by atoms with Crippen LogP contribution in [0, 0.1) is 5.41 Å². The van der Waals surface area contributed by atoms with Gasteiger partial charge >= 0.3 is 0 Å². The van der Waals surface area contributed by atoms with Crippen molar-refractivity contribution in [3.63, 3.8) is 0 Å². The minimum absolute atomic E-state index is 0.0436. The smallest absolute Gasteiger partial charge is 0.225 e. The highest BCUT2D eigenvalue weighted by atomic mass is 16.2. The van der Waals surface area contributed by atoms with E-state index in [1.54, 1.807) is 6.20 Å². The van der Waals surface area contributed by atoms with Gasteiger partial charge in [-0.1, -0.05) is 20.8 Å². The largest absolute Gasteiger partial charge is 0.350 e. The van der Waals surface area contributed by atoms with Crippen LogP contribution in [0.15, 0.2) is 12.3 Å². The number of nitrogens with zero attached hydrogens (tertiary/aromatic N) is 1. The van der Waals surface area contributed by atoms with Crippen molar-refractivity contribution in [1.82, 2.24) is 15.5 Å². The predicted molar refractivity (Wildman–Crippen MR) is 49.9 cm³/mol. The van der Waals surface area contributed by atoms with Crippen LogP contribution in [0.5, 0.6) is 0 Å². The molecule has 0 spiro atoms. The number of aromatic nitrogens is 2. The Morgan fingerprint density at radius 2 is 2.31 bits per heavy atom. The molecule has 1 heterocycles.